The predicted molar refractivity (Wildman–Crippen MR) is 46.6 cm³/mol. The maximum atomic E-state index is 10.7. The molecule has 0 spiro atoms. The van der Waals surface area contributed by atoms with Gasteiger partial charge in [-0.1, -0.05) is 0 Å². The number of carboxylic acids is 1. The van der Waals surface area contributed by atoms with Crippen molar-refractivity contribution in [3.05, 3.63) is 29.8 Å². The van der Waals surface area contributed by atoms with Crippen molar-refractivity contribution in [2.24, 2.45) is 0 Å². The molecule has 3 N–H and O–H groups in total. The van der Waals surface area contributed by atoms with Crippen LogP contribution in [0.2, 0.25) is 0 Å². The van der Waals surface area contributed by atoms with Crippen molar-refractivity contribution in [2.75, 3.05) is 7.11 Å². The minimum atomic E-state index is -2.37. The molecule has 0 bridgehead atoms. The summed E-state index contributed by atoms with van der Waals surface area (Å²) in [7, 11) is 1.08. The molecule has 0 amide bonds. The number of rotatable bonds is 3. The summed E-state index contributed by atoms with van der Waals surface area (Å²) in [6.45, 7) is 0. The average Bonchev–Trinajstić information content (AvgIpc) is 2.17. The van der Waals surface area contributed by atoms with Crippen LogP contribution < -0.4 is 0 Å². The number of ether oxygens (including phenoxy) is 1. The Morgan fingerprint density at radius 3 is 2.21 bits per heavy atom. The molecular formula is C9H10O5. The first-order valence-electron chi connectivity index (χ1n) is 3.81. The van der Waals surface area contributed by atoms with Crippen LogP contribution in [0.5, 0.6) is 5.75 Å². The lowest BCUT2D eigenvalue weighted by molar-refractivity contribution is -0.219. The Kier molecular flexibility index (Phi) is 2.73. The fraction of sp³-hybridized carbons (Fsp3) is 0.222. The monoisotopic (exact) mass is 198 g/mol. The van der Waals surface area contributed by atoms with Gasteiger partial charge in [-0.2, -0.15) is 0 Å². The zero-order valence-corrected chi connectivity index (χ0v) is 7.47. The molecule has 0 unspecified atom stereocenters. The summed E-state index contributed by atoms with van der Waals surface area (Å²) in [5.41, 5.74) is 0.0466. The number of aliphatic hydroxyl groups is 1. The van der Waals surface area contributed by atoms with Crippen molar-refractivity contribution >= 4 is 5.97 Å². The number of aromatic hydroxyl groups is 1. The molecule has 0 aliphatic heterocycles. The molecule has 0 aliphatic rings. The second kappa shape index (κ2) is 3.65. The van der Waals surface area contributed by atoms with E-state index < -0.39 is 11.8 Å². The van der Waals surface area contributed by atoms with Crippen molar-refractivity contribution in [3.8, 4) is 5.75 Å². The molecule has 0 fully saturated rings. The Hall–Kier alpha value is -1.59. The third-order valence-corrected chi connectivity index (χ3v) is 1.84. The van der Waals surface area contributed by atoms with E-state index in [1.54, 1.807) is 0 Å². The zero-order chi connectivity index (χ0) is 10.8. The van der Waals surface area contributed by atoms with Crippen LogP contribution in [0.1, 0.15) is 5.56 Å². The highest BCUT2D eigenvalue weighted by atomic mass is 16.6. The van der Waals surface area contributed by atoms with Crippen molar-refractivity contribution in [2.45, 2.75) is 5.79 Å². The summed E-state index contributed by atoms with van der Waals surface area (Å²) in [4.78, 5) is 10.7. The molecule has 5 heteroatoms. The average molecular weight is 198 g/mol. The molecule has 76 valence electrons. The third kappa shape index (κ3) is 1.68. The Morgan fingerprint density at radius 2 is 1.86 bits per heavy atom. The third-order valence-electron chi connectivity index (χ3n) is 1.84. The number of phenols is 1. The number of carbonyl (C=O) groups is 1. The molecule has 0 heterocycles. The molecule has 14 heavy (non-hydrogen) atoms. The lowest BCUT2D eigenvalue weighted by Crippen LogP contribution is -2.37. The number of methoxy groups -OCH3 is 1. The molecule has 0 radical (unpaired) electrons. The van der Waals surface area contributed by atoms with E-state index in [9.17, 15) is 9.90 Å². The lowest BCUT2D eigenvalue weighted by Gasteiger charge is -2.21. The van der Waals surface area contributed by atoms with E-state index in [0.717, 1.165) is 7.11 Å². The van der Waals surface area contributed by atoms with Crippen LogP contribution in [0, 0.1) is 0 Å². The molecule has 0 saturated heterocycles. The highest BCUT2D eigenvalue weighted by molar-refractivity contribution is 5.77. The van der Waals surface area contributed by atoms with E-state index in [1.165, 1.54) is 24.3 Å². The smallest absolute Gasteiger partial charge is 0.369 e. The van der Waals surface area contributed by atoms with Crippen LogP contribution >= 0.6 is 0 Å². The molecule has 5 nitrogen and oxygen atoms in total. The van der Waals surface area contributed by atoms with Crippen LogP contribution in [0.3, 0.4) is 0 Å². The lowest BCUT2D eigenvalue weighted by atomic mass is 10.1. The van der Waals surface area contributed by atoms with Crippen molar-refractivity contribution in [3.63, 3.8) is 0 Å². The Labute approximate surface area is 80.2 Å². The van der Waals surface area contributed by atoms with Crippen molar-refractivity contribution in [1.82, 2.24) is 0 Å². The molecule has 1 atom stereocenters. The van der Waals surface area contributed by atoms with E-state index in [2.05, 4.69) is 4.74 Å². The van der Waals surface area contributed by atoms with Gasteiger partial charge >= 0.3 is 5.97 Å². The quantitative estimate of drug-likeness (QED) is 0.607. The largest absolute Gasteiger partial charge is 0.508 e. The van der Waals surface area contributed by atoms with Crippen LogP contribution in [0.25, 0.3) is 0 Å². The summed E-state index contributed by atoms with van der Waals surface area (Å²) in [5, 5.41) is 27.2. The van der Waals surface area contributed by atoms with E-state index in [-0.39, 0.29) is 11.3 Å². The van der Waals surface area contributed by atoms with Crippen LogP contribution in [0.4, 0.5) is 0 Å². The molecular weight excluding hydrogens is 188 g/mol. The number of aliphatic carboxylic acids is 1. The normalized spacial score (nSPS) is 14.7. The maximum absolute atomic E-state index is 10.7. The van der Waals surface area contributed by atoms with Gasteiger partial charge in [-0.05, 0) is 24.3 Å². The SMILES string of the molecule is CO[C@](O)(C(=O)O)c1ccc(O)cc1. The van der Waals surface area contributed by atoms with Crippen molar-refractivity contribution < 1.29 is 24.9 Å². The molecule has 1 rings (SSSR count). The second-order valence-corrected chi connectivity index (χ2v) is 2.70. The minimum Gasteiger partial charge on any atom is -0.508 e. The summed E-state index contributed by atoms with van der Waals surface area (Å²) < 4.78 is 4.50. The number of phenolic OH excluding ortho intramolecular Hbond substituents is 1. The zero-order valence-electron chi connectivity index (χ0n) is 7.47. The van der Waals surface area contributed by atoms with Gasteiger partial charge in [-0.15, -0.1) is 0 Å². The molecule has 1 aromatic rings. The van der Waals surface area contributed by atoms with Gasteiger partial charge in [0.05, 0.1) is 0 Å². The Bertz CT molecular complexity index is 332. The van der Waals surface area contributed by atoms with Gasteiger partial charge in [0.25, 0.3) is 5.79 Å². The molecule has 0 aromatic heterocycles. The first-order chi connectivity index (χ1) is 6.50. The summed E-state index contributed by atoms with van der Waals surface area (Å²) in [5.74, 6) is -3.89. The van der Waals surface area contributed by atoms with Gasteiger partial charge in [0.15, 0.2) is 0 Å². The Morgan fingerprint density at radius 1 is 1.36 bits per heavy atom. The maximum Gasteiger partial charge on any atom is 0.369 e. The number of benzene rings is 1. The van der Waals surface area contributed by atoms with Gasteiger partial charge in [-0.25, -0.2) is 4.79 Å². The first kappa shape index (κ1) is 10.5. The fourth-order valence-corrected chi connectivity index (χ4v) is 1.02. The minimum absolute atomic E-state index is 0.0161. The predicted octanol–water partition coefficient (Wildman–Crippen LogP) is 0.268. The topological polar surface area (TPSA) is 87.0 Å². The number of hydrogen-bond acceptors (Lipinski definition) is 4. The van der Waals surface area contributed by atoms with Gasteiger partial charge < -0.3 is 20.1 Å². The summed E-state index contributed by atoms with van der Waals surface area (Å²) >= 11 is 0. The van der Waals surface area contributed by atoms with Crippen molar-refractivity contribution in [1.29, 1.82) is 0 Å². The van der Waals surface area contributed by atoms with Crippen LogP contribution in [0.15, 0.2) is 24.3 Å². The van der Waals surface area contributed by atoms with E-state index in [1.807, 2.05) is 0 Å². The first-order valence-corrected chi connectivity index (χ1v) is 3.81. The van der Waals surface area contributed by atoms with E-state index in [4.69, 9.17) is 10.2 Å². The van der Waals surface area contributed by atoms with Crippen LogP contribution in [-0.4, -0.2) is 28.4 Å². The standard InChI is InChI=1S/C9H10O5/c1-14-9(13,8(11)12)6-2-4-7(10)5-3-6/h2-5,10,13H,1H3,(H,11,12)/t9-/m0/s1. The summed E-state index contributed by atoms with van der Waals surface area (Å²) in [6.07, 6.45) is 0. The van der Waals surface area contributed by atoms with Gasteiger partial charge in [0.1, 0.15) is 5.75 Å². The second-order valence-electron chi connectivity index (χ2n) is 2.70. The van der Waals surface area contributed by atoms with E-state index >= 15 is 0 Å². The molecule has 0 saturated carbocycles. The highest BCUT2D eigenvalue weighted by Crippen LogP contribution is 2.23. The molecule has 1 aromatic carbocycles. The van der Waals surface area contributed by atoms with Gasteiger partial charge in [0.2, 0.25) is 0 Å². The summed E-state index contributed by atoms with van der Waals surface area (Å²) in [6, 6.07) is 5.07. The van der Waals surface area contributed by atoms with E-state index in [0.29, 0.717) is 0 Å². The van der Waals surface area contributed by atoms with Gasteiger partial charge in [-0.3, -0.25) is 0 Å². The highest BCUT2D eigenvalue weighted by Gasteiger charge is 2.38. The Balaban J connectivity index is 3.13. The number of hydrogen-bond donors (Lipinski definition) is 3. The fourth-order valence-electron chi connectivity index (χ4n) is 1.02. The van der Waals surface area contributed by atoms with Crippen LogP contribution in [-0.2, 0) is 15.3 Å². The number of carboxylic acid groups (broad SMARTS) is 1. The molecule has 0 aliphatic carbocycles. The van der Waals surface area contributed by atoms with Gasteiger partial charge in [0, 0.05) is 12.7 Å².